The molecule has 92 valence electrons. The summed E-state index contributed by atoms with van der Waals surface area (Å²) in [5.41, 5.74) is 0.617. The molecule has 0 saturated heterocycles. The summed E-state index contributed by atoms with van der Waals surface area (Å²) in [6, 6.07) is 5.50. The van der Waals surface area contributed by atoms with Crippen molar-refractivity contribution >= 4 is 40.1 Å². The molecule has 0 aliphatic carbocycles. The van der Waals surface area contributed by atoms with Gasteiger partial charge in [0.05, 0.1) is 5.02 Å². The molecule has 0 bridgehead atoms. The van der Waals surface area contributed by atoms with Crippen LogP contribution in [0.4, 0.5) is 0 Å². The van der Waals surface area contributed by atoms with Crippen LogP contribution in [-0.2, 0) is 0 Å². The quantitative estimate of drug-likeness (QED) is 0.585. The van der Waals surface area contributed by atoms with Crippen LogP contribution in [0.2, 0.25) is 5.02 Å². The zero-order valence-electron chi connectivity index (χ0n) is 9.91. The molecule has 4 heteroatoms. The molecule has 0 aliphatic rings. The van der Waals surface area contributed by atoms with Gasteiger partial charge in [0.25, 0.3) is 5.91 Å². The Bertz CT molecular complexity index is 431. The molecule has 1 amide bonds. The average Bonchev–Trinajstić information content (AvgIpc) is 2.28. The minimum atomic E-state index is -0.0156. The van der Waals surface area contributed by atoms with Gasteiger partial charge in [0.15, 0.2) is 0 Å². The fourth-order valence-corrected chi connectivity index (χ4v) is 1.98. The van der Waals surface area contributed by atoms with E-state index in [1.807, 2.05) is 19.9 Å². The van der Waals surface area contributed by atoms with Gasteiger partial charge < -0.3 is 4.90 Å². The summed E-state index contributed by atoms with van der Waals surface area (Å²) < 4.78 is 0.945. The summed E-state index contributed by atoms with van der Waals surface area (Å²) in [6.45, 7) is 8.17. The van der Waals surface area contributed by atoms with E-state index in [0.717, 1.165) is 3.57 Å². The molecule has 0 heterocycles. The van der Waals surface area contributed by atoms with Gasteiger partial charge in [-0.05, 0) is 54.6 Å². The standard InChI is InChI=1S/C13H15ClINO/c1-4-7-16(9(2)3)13(17)10-5-6-12(15)11(14)8-10/h4-6,8-9H,1,7H2,2-3H3. The van der Waals surface area contributed by atoms with E-state index < -0.39 is 0 Å². The van der Waals surface area contributed by atoms with Crippen molar-refractivity contribution in [2.45, 2.75) is 19.9 Å². The van der Waals surface area contributed by atoms with E-state index in [9.17, 15) is 4.79 Å². The maximum Gasteiger partial charge on any atom is 0.254 e. The number of halogens is 2. The van der Waals surface area contributed by atoms with Crippen molar-refractivity contribution in [3.05, 3.63) is 45.0 Å². The SMILES string of the molecule is C=CCN(C(=O)c1ccc(I)c(Cl)c1)C(C)C. The maximum absolute atomic E-state index is 12.3. The Hall–Kier alpha value is -0.550. The number of hydrogen-bond donors (Lipinski definition) is 0. The lowest BCUT2D eigenvalue weighted by Gasteiger charge is -2.25. The predicted octanol–water partition coefficient (Wildman–Crippen LogP) is 3.98. The smallest absolute Gasteiger partial charge is 0.254 e. The number of rotatable bonds is 4. The lowest BCUT2D eigenvalue weighted by Crippen LogP contribution is -2.37. The van der Waals surface area contributed by atoms with Gasteiger partial charge in [-0.25, -0.2) is 0 Å². The molecule has 1 aromatic carbocycles. The van der Waals surface area contributed by atoms with Crippen molar-refractivity contribution < 1.29 is 4.79 Å². The predicted molar refractivity (Wildman–Crippen MR) is 80.5 cm³/mol. The second-order valence-corrected chi connectivity index (χ2v) is 5.54. The number of nitrogens with zero attached hydrogens (tertiary/aromatic N) is 1. The van der Waals surface area contributed by atoms with E-state index in [1.54, 1.807) is 23.1 Å². The van der Waals surface area contributed by atoms with Crippen molar-refractivity contribution in [3.63, 3.8) is 0 Å². The summed E-state index contributed by atoms with van der Waals surface area (Å²) in [5, 5.41) is 0.610. The van der Waals surface area contributed by atoms with Crippen LogP contribution in [-0.4, -0.2) is 23.4 Å². The van der Waals surface area contributed by atoms with E-state index in [4.69, 9.17) is 11.6 Å². The summed E-state index contributed by atoms with van der Waals surface area (Å²) in [4.78, 5) is 14.0. The highest BCUT2D eigenvalue weighted by molar-refractivity contribution is 14.1. The summed E-state index contributed by atoms with van der Waals surface area (Å²) in [7, 11) is 0. The third kappa shape index (κ3) is 3.71. The minimum absolute atomic E-state index is 0.0156. The molecule has 0 N–H and O–H groups in total. The van der Waals surface area contributed by atoms with E-state index >= 15 is 0 Å². The summed E-state index contributed by atoms with van der Waals surface area (Å²) in [5.74, 6) is -0.0156. The van der Waals surface area contributed by atoms with E-state index in [-0.39, 0.29) is 11.9 Å². The topological polar surface area (TPSA) is 20.3 Å². The van der Waals surface area contributed by atoms with E-state index in [1.165, 1.54) is 0 Å². The van der Waals surface area contributed by atoms with Crippen LogP contribution in [0.3, 0.4) is 0 Å². The normalized spacial score (nSPS) is 10.4. The number of carbonyl (C=O) groups excluding carboxylic acids is 1. The molecule has 0 atom stereocenters. The van der Waals surface area contributed by atoms with Crippen molar-refractivity contribution in [3.8, 4) is 0 Å². The highest BCUT2D eigenvalue weighted by Gasteiger charge is 2.17. The molecule has 1 aromatic rings. The second-order valence-electron chi connectivity index (χ2n) is 3.97. The minimum Gasteiger partial charge on any atom is -0.333 e. The average molecular weight is 364 g/mol. The van der Waals surface area contributed by atoms with Gasteiger partial charge in [-0.1, -0.05) is 17.7 Å². The fraction of sp³-hybridized carbons (Fsp3) is 0.308. The third-order valence-electron chi connectivity index (χ3n) is 2.38. The maximum atomic E-state index is 12.3. The fourth-order valence-electron chi connectivity index (χ4n) is 1.46. The lowest BCUT2D eigenvalue weighted by atomic mass is 10.1. The Balaban J connectivity index is 3.00. The first-order valence-corrected chi connectivity index (χ1v) is 6.80. The molecule has 0 saturated carbocycles. The monoisotopic (exact) mass is 363 g/mol. The van der Waals surface area contributed by atoms with Gasteiger partial charge in [-0.3, -0.25) is 4.79 Å². The van der Waals surface area contributed by atoms with Gasteiger partial charge in [-0.2, -0.15) is 0 Å². The number of amides is 1. The second kappa shape index (κ2) is 6.40. The summed E-state index contributed by atoms with van der Waals surface area (Å²) in [6.07, 6.45) is 1.73. The van der Waals surface area contributed by atoms with Crippen LogP contribution in [0, 0.1) is 3.57 Å². The first kappa shape index (κ1) is 14.5. The molecule has 1 rings (SSSR count). The van der Waals surface area contributed by atoms with Crippen molar-refractivity contribution in [1.82, 2.24) is 4.90 Å². The van der Waals surface area contributed by atoms with Crippen molar-refractivity contribution in [2.75, 3.05) is 6.54 Å². The number of hydrogen-bond acceptors (Lipinski definition) is 1. The van der Waals surface area contributed by atoms with Crippen molar-refractivity contribution in [2.24, 2.45) is 0 Å². The number of benzene rings is 1. The zero-order valence-corrected chi connectivity index (χ0v) is 12.8. The molecule has 0 aliphatic heterocycles. The molecule has 0 unspecified atom stereocenters. The van der Waals surface area contributed by atoms with Crippen LogP contribution < -0.4 is 0 Å². The van der Waals surface area contributed by atoms with Crippen LogP contribution in [0.1, 0.15) is 24.2 Å². The van der Waals surface area contributed by atoms with Crippen LogP contribution in [0.5, 0.6) is 0 Å². The molecular formula is C13H15ClINO. The Morgan fingerprint density at radius 2 is 2.24 bits per heavy atom. The largest absolute Gasteiger partial charge is 0.333 e. The molecule has 0 aromatic heterocycles. The summed E-state index contributed by atoms with van der Waals surface area (Å²) >= 11 is 8.16. The van der Waals surface area contributed by atoms with Crippen molar-refractivity contribution in [1.29, 1.82) is 0 Å². The van der Waals surface area contributed by atoms with Gasteiger partial charge in [0.2, 0.25) is 0 Å². The Morgan fingerprint density at radius 1 is 1.59 bits per heavy atom. The molecule has 2 nitrogen and oxygen atoms in total. The molecular weight excluding hydrogens is 349 g/mol. The van der Waals surface area contributed by atoms with Gasteiger partial charge in [0, 0.05) is 21.7 Å². The Morgan fingerprint density at radius 3 is 2.71 bits per heavy atom. The van der Waals surface area contributed by atoms with Crippen LogP contribution >= 0.6 is 34.2 Å². The Kier molecular flexibility index (Phi) is 5.46. The highest BCUT2D eigenvalue weighted by atomic mass is 127. The van der Waals surface area contributed by atoms with E-state index in [0.29, 0.717) is 17.1 Å². The first-order chi connectivity index (χ1) is 7.97. The zero-order chi connectivity index (χ0) is 13.0. The lowest BCUT2D eigenvalue weighted by molar-refractivity contribution is 0.0729. The first-order valence-electron chi connectivity index (χ1n) is 5.34. The van der Waals surface area contributed by atoms with Gasteiger partial charge in [0.1, 0.15) is 0 Å². The Labute approximate surface area is 121 Å². The van der Waals surface area contributed by atoms with E-state index in [2.05, 4.69) is 29.2 Å². The molecule has 0 radical (unpaired) electrons. The number of carbonyl (C=O) groups is 1. The van der Waals surface area contributed by atoms with Crippen LogP contribution in [0.15, 0.2) is 30.9 Å². The molecule has 0 spiro atoms. The van der Waals surface area contributed by atoms with Crippen LogP contribution in [0.25, 0.3) is 0 Å². The highest BCUT2D eigenvalue weighted by Crippen LogP contribution is 2.21. The molecule has 0 fully saturated rings. The van der Waals surface area contributed by atoms with Gasteiger partial charge in [-0.15, -0.1) is 6.58 Å². The molecule has 17 heavy (non-hydrogen) atoms. The third-order valence-corrected chi connectivity index (χ3v) is 3.95. The van der Waals surface area contributed by atoms with Gasteiger partial charge >= 0.3 is 0 Å².